The molecular formula is C30H36N6O2. The van der Waals surface area contributed by atoms with Gasteiger partial charge in [0, 0.05) is 30.5 Å². The summed E-state index contributed by atoms with van der Waals surface area (Å²) in [5.74, 6) is 0.954. The van der Waals surface area contributed by atoms with Crippen LogP contribution >= 0.6 is 0 Å². The van der Waals surface area contributed by atoms with E-state index in [-0.39, 0.29) is 5.54 Å². The van der Waals surface area contributed by atoms with Crippen molar-refractivity contribution in [3.8, 4) is 17.1 Å². The van der Waals surface area contributed by atoms with Gasteiger partial charge in [0.1, 0.15) is 12.4 Å². The van der Waals surface area contributed by atoms with Crippen LogP contribution in [0.3, 0.4) is 0 Å². The molecule has 0 bridgehead atoms. The summed E-state index contributed by atoms with van der Waals surface area (Å²) in [7, 11) is 0. The molecule has 5 heterocycles. The van der Waals surface area contributed by atoms with Crippen molar-refractivity contribution in [1.82, 2.24) is 25.1 Å². The van der Waals surface area contributed by atoms with Crippen molar-refractivity contribution in [3.63, 3.8) is 0 Å². The fourth-order valence-corrected chi connectivity index (χ4v) is 6.97. The van der Waals surface area contributed by atoms with Crippen molar-refractivity contribution in [1.29, 1.82) is 0 Å². The third kappa shape index (κ3) is 3.93. The molecule has 3 aliphatic heterocycles. The predicted octanol–water partition coefficient (Wildman–Crippen LogP) is 5.02. The highest BCUT2D eigenvalue weighted by atomic mass is 16.5. The molecule has 0 amide bonds. The van der Waals surface area contributed by atoms with Crippen molar-refractivity contribution in [2.75, 3.05) is 50.9 Å². The summed E-state index contributed by atoms with van der Waals surface area (Å²) in [6.45, 7) is 10.6. The van der Waals surface area contributed by atoms with Crippen LogP contribution in [0.5, 0.6) is 6.01 Å². The Kier molecular flexibility index (Phi) is 5.97. The molecule has 38 heavy (non-hydrogen) atoms. The first-order valence-electron chi connectivity index (χ1n) is 14.1. The van der Waals surface area contributed by atoms with Crippen molar-refractivity contribution in [3.05, 3.63) is 41.6 Å². The Morgan fingerprint density at radius 3 is 2.68 bits per heavy atom. The lowest BCUT2D eigenvalue weighted by Gasteiger charge is -2.31. The van der Waals surface area contributed by atoms with E-state index in [1.807, 2.05) is 6.20 Å². The Hall–Kier alpha value is -3.23. The predicted molar refractivity (Wildman–Crippen MR) is 150 cm³/mol. The molecule has 3 saturated heterocycles. The van der Waals surface area contributed by atoms with E-state index in [0.29, 0.717) is 19.2 Å². The highest BCUT2D eigenvalue weighted by Gasteiger charge is 2.45. The van der Waals surface area contributed by atoms with E-state index < -0.39 is 0 Å². The van der Waals surface area contributed by atoms with Crippen molar-refractivity contribution >= 4 is 27.6 Å². The molecule has 3 fully saturated rings. The molecule has 3 aliphatic rings. The Morgan fingerprint density at radius 1 is 0.947 bits per heavy atom. The Morgan fingerprint density at radius 2 is 1.82 bits per heavy atom. The maximum atomic E-state index is 6.51. The second kappa shape index (κ2) is 9.50. The Labute approximate surface area is 223 Å². The van der Waals surface area contributed by atoms with Crippen LogP contribution in [-0.2, 0) is 4.74 Å². The van der Waals surface area contributed by atoms with Gasteiger partial charge in [0.25, 0.3) is 0 Å². The van der Waals surface area contributed by atoms with Crippen LogP contribution in [0.2, 0.25) is 0 Å². The number of anilines is 1. The smallest absolute Gasteiger partial charge is 0.319 e. The van der Waals surface area contributed by atoms with Crippen LogP contribution < -0.4 is 9.64 Å². The van der Waals surface area contributed by atoms with E-state index in [4.69, 9.17) is 19.4 Å². The van der Waals surface area contributed by atoms with Crippen LogP contribution in [0.4, 0.5) is 5.82 Å². The monoisotopic (exact) mass is 512 g/mol. The topological polar surface area (TPSA) is 79.4 Å². The highest BCUT2D eigenvalue weighted by Crippen LogP contribution is 2.40. The van der Waals surface area contributed by atoms with Crippen LogP contribution in [0.15, 0.2) is 30.5 Å². The second-order valence-electron chi connectivity index (χ2n) is 11.2. The molecule has 8 heteroatoms. The minimum absolute atomic E-state index is 0.153. The SMILES string of the molecule is Cc1ccc2[nH]ncc2c1-c1ccc2c(N3CCCOCC3)nc(OCC34CCCN3CCC4)nc2c1C. The van der Waals surface area contributed by atoms with Gasteiger partial charge >= 0.3 is 6.01 Å². The zero-order chi connectivity index (χ0) is 25.7. The van der Waals surface area contributed by atoms with Crippen molar-refractivity contribution in [2.45, 2.75) is 51.5 Å². The van der Waals surface area contributed by atoms with Gasteiger partial charge in [-0.25, -0.2) is 0 Å². The first kappa shape index (κ1) is 23.9. The number of aryl methyl sites for hydroxylation is 2. The number of fused-ring (bicyclic) bond motifs is 3. The lowest BCUT2D eigenvalue weighted by atomic mass is 9.92. The molecular weight excluding hydrogens is 476 g/mol. The number of aromatic amines is 1. The van der Waals surface area contributed by atoms with E-state index >= 15 is 0 Å². The molecule has 7 rings (SSSR count). The fraction of sp³-hybridized carbons (Fsp3) is 0.500. The number of H-pyrrole nitrogens is 1. The van der Waals surface area contributed by atoms with E-state index in [1.54, 1.807) is 0 Å². The number of nitrogens with zero attached hydrogens (tertiary/aromatic N) is 5. The molecule has 2 aromatic carbocycles. The van der Waals surface area contributed by atoms with Gasteiger partial charge in [-0.2, -0.15) is 15.1 Å². The summed E-state index contributed by atoms with van der Waals surface area (Å²) < 4.78 is 12.3. The lowest BCUT2D eigenvalue weighted by molar-refractivity contribution is 0.108. The molecule has 0 unspecified atom stereocenters. The molecule has 1 N–H and O–H groups in total. The minimum atomic E-state index is 0.153. The van der Waals surface area contributed by atoms with Gasteiger partial charge < -0.3 is 14.4 Å². The Bertz CT molecular complexity index is 1480. The number of benzene rings is 2. The van der Waals surface area contributed by atoms with Gasteiger partial charge in [-0.3, -0.25) is 10.00 Å². The van der Waals surface area contributed by atoms with Gasteiger partial charge in [-0.1, -0.05) is 12.1 Å². The first-order chi connectivity index (χ1) is 18.6. The standard InChI is InChI=1S/C30H36N6O2/c1-20-6-9-25-24(18-31-34-25)26(20)22-7-8-23-27(21(22)2)32-29(33-28(23)35-12-5-16-37-17-15-35)38-19-30-10-3-13-36(30)14-4-11-30/h6-9,18H,3-5,10-17,19H2,1-2H3,(H,31,34). The normalized spacial score (nSPS) is 19.8. The number of rotatable bonds is 5. The summed E-state index contributed by atoms with van der Waals surface area (Å²) in [6.07, 6.45) is 7.82. The molecule has 198 valence electrons. The second-order valence-corrected chi connectivity index (χ2v) is 11.2. The van der Waals surface area contributed by atoms with E-state index in [1.165, 1.54) is 55.5 Å². The third-order valence-electron chi connectivity index (χ3n) is 8.99. The number of hydrogen-bond acceptors (Lipinski definition) is 7. The maximum absolute atomic E-state index is 6.51. The fourth-order valence-electron chi connectivity index (χ4n) is 6.97. The number of hydrogen-bond donors (Lipinski definition) is 1. The molecule has 0 saturated carbocycles. The van der Waals surface area contributed by atoms with Gasteiger partial charge in [0.2, 0.25) is 0 Å². The largest absolute Gasteiger partial charge is 0.461 e. The summed E-state index contributed by atoms with van der Waals surface area (Å²) >= 11 is 0. The number of ether oxygens (including phenoxy) is 2. The lowest BCUT2D eigenvalue weighted by Crippen LogP contribution is -2.43. The maximum Gasteiger partial charge on any atom is 0.319 e. The third-order valence-corrected chi connectivity index (χ3v) is 8.99. The number of nitrogens with one attached hydrogen (secondary N) is 1. The molecule has 0 aliphatic carbocycles. The van der Waals surface area contributed by atoms with Gasteiger partial charge in [0.05, 0.1) is 29.4 Å². The average molecular weight is 513 g/mol. The first-order valence-corrected chi connectivity index (χ1v) is 14.1. The molecule has 8 nitrogen and oxygen atoms in total. The molecule has 0 atom stereocenters. The van der Waals surface area contributed by atoms with E-state index in [2.05, 4.69) is 58.1 Å². The van der Waals surface area contributed by atoms with Crippen molar-refractivity contribution in [2.24, 2.45) is 0 Å². The molecule has 0 radical (unpaired) electrons. The number of aromatic nitrogens is 4. The quantitative estimate of drug-likeness (QED) is 0.402. The minimum Gasteiger partial charge on any atom is -0.461 e. The van der Waals surface area contributed by atoms with Crippen LogP contribution in [0.25, 0.3) is 32.9 Å². The summed E-state index contributed by atoms with van der Waals surface area (Å²) in [5.41, 5.74) is 6.89. The van der Waals surface area contributed by atoms with Crippen molar-refractivity contribution < 1.29 is 9.47 Å². The average Bonchev–Trinajstić information content (AvgIpc) is 3.59. The van der Waals surface area contributed by atoms with Crippen LogP contribution in [0.1, 0.15) is 43.2 Å². The van der Waals surface area contributed by atoms with E-state index in [9.17, 15) is 0 Å². The zero-order valence-corrected chi connectivity index (χ0v) is 22.4. The van der Waals surface area contributed by atoms with E-state index in [0.717, 1.165) is 59.3 Å². The molecule has 0 spiro atoms. The summed E-state index contributed by atoms with van der Waals surface area (Å²) in [4.78, 5) is 15.1. The van der Waals surface area contributed by atoms with Gasteiger partial charge in [-0.05, 0) is 93.4 Å². The molecule has 4 aromatic rings. The highest BCUT2D eigenvalue weighted by molar-refractivity contribution is 6.02. The van der Waals surface area contributed by atoms with Crippen LogP contribution in [0, 0.1) is 13.8 Å². The molecule has 2 aromatic heterocycles. The summed E-state index contributed by atoms with van der Waals surface area (Å²) in [5, 5.41) is 9.64. The zero-order valence-electron chi connectivity index (χ0n) is 22.4. The van der Waals surface area contributed by atoms with Gasteiger partial charge in [-0.15, -0.1) is 0 Å². The Balaban J connectivity index is 1.35. The van der Waals surface area contributed by atoms with Crippen LogP contribution in [-0.4, -0.2) is 76.6 Å². The van der Waals surface area contributed by atoms with Gasteiger partial charge in [0.15, 0.2) is 0 Å². The summed E-state index contributed by atoms with van der Waals surface area (Å²) in [6, 6.07) is 9.16.